The number of benzene rings is 2. The molecule has 3 rings (SSSR count). The van der Waals surface area contributed by atoms with Crippen LogP contribution in [0.3, 0.4) is 0 Å². The van der Waals surface area contributed by atoms with Crippen molar-refractivity contribution in [2.45, 2.75) is 26.4 Å². The zero-order chi connectivity index (χ0) is 19.6. The van der Waals surface area contributed by atoms with Gasteiger partial charge in [0, 0.05) is 17.8 Å². The van der Waals surface area contributed by atoms with Crippen LogP contribution in [0.15, 0.2) is 53.5 Å². The zero-order valence-corrected chi connectivity index (χ0v) is 16.2. The number of pyridine rings is 1. The van der Waals surface area contributed by atoms with Crippen LogP contribution in [0.2, 0.25) is 5.02 Å². The first kappa shape index (κ1) is 19.0. The predicted molar refractivity (Wildman–Crippen MR) is 108 cm³/mol. The van der Waals surface area contributed by atoms with Crippen LogP contribution in [0.1, 0.15) is 35.8 Å². The number of methoxy groups -OCH3 is 1. The maximum atomic E-state index is 12.9. The monoisotopic (exact) mass is 384 g/mol. The van der Waals surface area contributed by atoms with Gasteiger partial charge >= 0.3 is 0 Å². The summed E-state index contributed by atoms with van der Waals surface area (Å²) in [5.74, 6) is 0.170. The van der Waals surface area contributed by atoms with E-state index in [9.17, 15) is 9.59 Å². The van der Waals surface area contributed by atoms with Gasteiger partial charge < -0.3 is 14.6 Å². The molecule has 6 heteroatoms. The summed E-state index contributed by atoms with van der Waals surface area (Å²) in [7, 11) is 1.55. The molecule has 0 radical (unpaired) electrons. The molecule has 140 valence electrons. The summed E-state index contributed by atoms with van der Waals surface area (Å²) in [5, 5.41) is 3.98. The van der Waals surface area contributed by atoms with Gasteiger partial charge in [-0.25, -0.2) is 0 Å². The fraction of sp³-hybridized carbons (Fsp3) is 0.238. The third kappa shape index (κ3) is 3.83. The number of rotatable bonds is 5. The lowest BCUT2D eigenvalue weighted by Gasteiger charge is -2.16. The van der Waals surface area contributed by atoms with Crippen LogP contribution < -0.4 is 15.5 Å². The molecule has 0 aliphatic carbocycles. The van der Waals surface area contributed by atoms with E-state index in [-0.39, 0.29) is 17.0 Å². The Morgan fingerprint density at radius 2 is 1.93 bits per heavy atom. The Bertz CT molecular complexity index is 1040. The summed E-state index contributed by atoms with van der Waals surface area (Å²) in [5.41, 5.74) is 1.48. The van der Waals surface area contributed by atoms with E-state index in [4.69, 9.17) is 16.3 Å². The van der Waals surface area contributed by atoms with E-state index in [0.29, 0.717) is 22.7 Å². The number of hydrogen-bond donors (Lipinski definition) is 1. The number of aromatic nitrogens is 1. The molecule has 0 fully saturated rings. The lowest BCUT2D eigenvalue weighted by molar-refractivity contribution is 0.0938. The van der Waals surface area contributed by atoms with Gasteiger partial charge in [-0.05, 0) is 49.7 Å². The number of carbonyl (C=O) groups excluding carboxylic acids is 1. The summed E-state index contributed by atoms with van der Waals surface area (Å²) in [4.78, 5) is 25.7. The molecule has 1 aromatic heterocycles. The number of nitrogens with one attached hydrogen (secondary N) is 1. The highest BCUT2D eigenvalue weighted by Gasteiger charge is 2.18. The van der Waals surface area contributed by atoms with Crippen LogP contribution >= 0.6 is 11.6 Å². The zero-order valence-electron chi connectivity index (χ0n) is 15.5. The van der Waals surface area contributed by atoms with Gasteiger partial charge in [0.25, 0.3) is 5.91 Å². The van der Waals surface area contributed by atoms with Crippen molar-refractivity contribution in [3.05, 3.63) is 75.0 Å². The lowest BCUT2D eigenvalue weighted by Crippen LogP contribution is -2.31. The van der Waals surface area contributed by atoms with E-state index < -0.39 is 5.91 Å². The molecule has 1 atom stereocenters. The second-order valence-electron chi connectivity index (χ2n) is 6.29. The summed E-state index contributed by atoms with van der Waals surface area (Å²) >= 11 is 5.91. The molecule has 5 nitrogen and oxygen atoms in total. The number of aryl methyl sites for hydroxylation is 1. The molecular formula is C21H21ClN2O3. The number of nitrogens with zero attached hydrogens (tertiary/aromatic N) is 1. The topological polar surface area (TPSA) is 60.3 Å². The minimum atomic E-state index is -0.408. The maximum Gasteiger partial charge on any atom is 0.257 e. The SMILES string of the molecule is CCn1cc(C(=O)N[C@@H](C)c2ccc(Cl)cc2)c(=O)c2cc(OC)ccc21. The smallest absolute Gasteiger partial charge is 0.257 e. The van der Waals surface area contributed by atoms with Gasteiger partial charge in [0.2, 0.25) is 5.43 Å². The van der Waals surface area contributed by atoms with Crippen molar-refractivity contribution >= 4 is 28.4 Å². The first-order chi connectivity index (χ1) is 12.9. The number of carbonyl (C=O) groups is 1. The largest absolute Gasteiger partial charge is 0.497 e. The Kier molecular flexibility index (Phi) is 5.51. The summed E-state index contributed by atoms with van der Waals surface area (Å²) in [6, 6.07) is 12.3. The number of ether oxygens (including phenoxy) is 1. The van der Waals surface area contributed by atoms with Gasteiger partial charge in [0.15, 0.2) is 0 Å². The molecule has 1 N–H and O–H groups in total. The molecule has 0 saturated carbocycles. The molecule has 1 amide bonds. The molecular weight excluding hydrogens is 364 g/mol. The van der Waals surface area contributed by atoms with Crippen molar-refractivity contribution in [1.82, 2.24) is 9.88 Å². The Morgan fingerprint density at radius 3 is 2.56 bits per heavy atom. The second-order valence-corrected chi connectivity index (χ2v) is 6.72. The Morgan fingerprint density at radius 1 is 1.22 bits per heavy atom. The lowest BCUT2D eigenvalue weighted by atomic mass is 10.1. The molecule has 0 saturated heterocycles. The number of halogens is 1. The highest BCUT2D eigenvalue weighted by Crippen LogP contribution is 2.20. The molecule has 3 aromatic rings. The van der Waals surface area contributed by atoms with E-state index in [1.54, 1.807) is 37.6 Å². The molecule has 0 unspecified atom stereocenters. The third-order valence-corrected chi connectivity index (χ3v) is 4.84. The van der Waals surface area contributed by atoms with Crippen molar-refractivity contribution < 1.29 is 9.53 Å². The molecule has 0 aliphatic heterocycles. The first-order valence-electron chi connectivity index (χ1n) is 8.72. The van der Waals surface area contributed by atoms with Gasteiger partial charge in [-0.15, -0.1) is 0 Å². The maximum absolute atomic E-state index is 12.9. The molecule has 27 heavy (non-hydrogen) atoms. The predicted octanol–water partition coefficient (Wildman–Crippen LogP) is 4.17. The Hall–Kier alpha value is -2.79. The molecule has 2 aromatic carbocycles. The van der Waals surface area contributed by atoms with Crippen LogP contribution in [0.4, 0.5) is 0 Å². The minimum absolute atomic E-state index is 0.110. The quantitative estimate of drug-likeness (QED) is 0.718. The van der Waals surface area contributed by atoms with Crippen molar-refractivity contribution in [2.75, 3.05) is 7.11 Å². The summed E-state index contributed by atoms with van der Waals surface area (Å²) < 4.78 is 7.11. The van der Waals surface area contributed by atoms with E-state index in [2.05, 4.69) is 5.32 Å². The van der Waals surface area contributed by atoms with Crippen LogP contribution in [0, 0.1) is 0 Å². The van der Waals surface area contributed by atoms with E-state index in [1.807, 2.05) is 36.6 Å². The van der Waals surface area contributed by atoms with Crippen LogP contribution in [-0.2, 0) is 6.54 Å². The molecule has 0 spiro atoms. The van der Waals surface area contributed by atoms with Gasteiger partial charge in [-0.2, -0.15) is 0 Å². The van der Waals surface area contributed by atoms with E-state index >= 15 is 0 Å². The van der Waals surface area contributed by atoms with Crippen LogP contribution in [-0.4, -0.2) is 17.6 Å². The van der Waals surface area contributed by atoms with Gasteiger partial charge in [0.05, 0.1) is 24.1 Å². The number of amides is 1. The first-order valence-corrected chi connectivity index (χ1v) is 9.10. The van der Waals surface area contributed by atoms with E-state index in [0.717, 1.165) is 11.1 Å². The normalized spacial score (nSPS) is 12.0. The number of hydrogen-bond acceptors (Lipinski definition) is 3. The van der Waals surface area contributed by atoms with Crippen molar-refractivity contribution in [1.29, 1.82) is 0 Å². The fourth-order valence-corrected chi connectivity index (χ4v) is 3.16. The van der Waals surface area contributed by atoms with Gasteiger partial charge in [-0.1, -0.05) is 23.7 Å². The highest BCUT2D eigenvalue weighted by molar-refractivity contribution is 6.30. The van der Waals surface area contributed by atoms with Gasteiger partial charge in [0.1, 0.15) is 11.3 Å². The third-order valence-electron chi connectivity index (χ3n) is 4.59. The van der Waals surface area contributed by atoms with Crippen LogP contribution in [0.5, 0.6) is 5.75 Å². The molecule has 0 aliphatic rings. The second kappa shape index (κ2) is 7.84. The standard InChI is InChI=1S/C21H21ClN2O3/c1-4-24-12-18(20(25)17-11-16(27-3)9-10-19(17)24)21(26)23-13(2)14-5-7-15(22)8-6-14/h5-13H,4H2,1-3H3,(H,23,26)/t13-/m0/s1. The minimum Gasteiger partial charge on any atom is -0.497 e. The van der Waals surface area contributed by atoms with Crippen molar-refractivity contribution in [3.63, 3.8) is 0 Å². The van der Waals surface area contributed by atoms with E-state index in [1.165, 1.54) is 0 Å². The summed E-state index contributed by atoms with van der Waals surface area (Å²) in [6.45, 7) is 4.46. The average molecular weight is 385 g/mol. The molecule has 1 heterocycles. The number of fused-ring (bicyclic) bond motifs is 1. The fourth-order valence-electron chi connectivity index (χ4n) is 3.04. The molecule has 0 bridgehead atoms. The Balaban J connectivity index is 1.99. The van der Waals surface area contributed by atoms with Gasteiger partial charge in [-0.3, -0.25) is 9.59 Å². The Labute approximate surface area is 162 Å². The van der Waals surface area contributed by atoms with Crippen molar-refractivity contribution in [3.8, 4) is 5.75 Å². The highest BCUT2D eigenvalue weighted by atomic mass is 35.5. The van der Waals surface area contributed by atoms with Crippen LogP contribution in [0.25, 0.3) is 10.9 Å². The summed E-state index contributed by atoms with van der Waals surface area (Å²) in [6.07, 6.45) is 1.61. The average Bonchev–Trinajstić information content (AvgIpc) is 2.68. The van der Waals surface area contributed by atoms with Crippen molar-refractivity contribution in [2.24, 2.45) is 0 Å².